The zero-order chi connectivity index (χ0) is 19.9. The van der Waals surface area contributed by atoms with E-state index in [0.29, 0.717) is 13.0 Å². The molecule has 0 aromatic heterocycles. The Hall–Kier alpha value is -3.17. The molecule has 2 aliphatic rings. The summed E-state index contributed by atoms with van der Waals surface area (Å²) in [5, 5.41) is 0. The molecule has 0 spiro atoms. The molecular formula is C22H22N2O4. The Morgan fingerprint density at radius 1 is 1.25 bits per heavy atom. The molecule has 1 aromatic rings. The minimum atomic E-state index is -0.426. The number of ketones is 1. The van der Waals surface area contributed by atoms with Gasteiger partial charge in [0, 0.05) is 24.4 Å². The van der Waals surface area contributed by atoms with E-state index in [4.69, 9.17) is 4.74 Å². The molecule has 1 heterocycles. The third-order valence-corrected chi connectivity index (χ3v) is 4.71. The molecule has 1 saturated heterocycles. The van der Waals surface area contributed by atoms with Crippen molar-refractivity contribution in [3.8, 4) is 11.8 Å². The largest absolute Gasteiger partial charge is 0.359 e. The number of likely N-dealkylation sites (N-methyl/N-ethyl adjacent to an activating group) is 1. The molecule has 0 bridgehead atoms. The van der Waals surface area contributed by atoms with Gasteiger partial charge in [0.15, 0.2) is 5.78 Å². The lowest BCUT2D eigenvalue weighted by Gasteiger charge is -2.26. The van der Waals surface area contributed by atoms with E-state index in [1.54, 1.807) is 24.1 Å². The first-order valence-corrected chi connectivity index (χ1v) is 9.12. The van der Waals surface area contributed by atoms with E-state index in [1.807, 2.05) is 42.5 Å². The summed E-state index contributed by atoms with van der Waals surface area (Å²) < 4.78 is 5.44. The SMILES string of the molecule is CN(CC(=O)N1COC[C@@H]1CC1C=CC=CC1=O)C(=O)C#Cc1ccccc1. The van der Waals surface area contributed by atoms with Gasteiger partial charge in [0.05, 0.1) is 12.6 Å². The number of allylic oxidation sites excluding steroid dienone is 4. The average molecular weight is 378 g/mol. The predicted molar refractivity (Wildman–Crippen MR) is 104 cm³/mol. The van der Waals surface area contributed by atoms with E-state index in [-0.39, 0.29) is 36.9 Å². The van der Waals surface area contributed by atoms with E-state index >= 15 is 0 Å². The van der Waals surface area contributed by atoms with Gasteiger partial charge in [0.25, 0.3) is 5.91 Å². The number of benzene rings is 1. The summed E-state index contributed by atoms with van der Waals surface area (Å²) in [6.45, 7) is 0.469. The highest BCUT2D eigenvalue weighted by Gasteiger charge is 2.33. The topological polar surface area (TPSA) is 66.9 Å². The van der Waals surface area contributed by atoms with Crippen LogP contribution in [0.25, 0.3) is 0 Å². The summed E-state index contributed by atoms with van der Waals surface area (Å²) in [6, 6.07) is 9.01. The maximum atomic E-state index is 12.7. The van der Waals surface area contributed by atoms with Gasteiger partial charge in [-0.1, -0.05) is 42.3 Å². The predicted octanol–water partition coefficient (Wildman–Crippen LogP) is 1.38. The Morgan fingerprint density at radius 3 is 2.79 bits per heavy atom. The van der Waals surface area contributed by atoms with Crippen LogP contribution in [0.2, 0.25) is 0 Å². The van der Waals surface area contributed by atoms with Crippen LogP contribution in [0.3, 0.4) is 0 Å². The second-order valence-corrected chi connectivity index (χ2v) is 6.78. The second-order valence-electron chi connectivity index (χ2n) is 6.78. The Balaban J connectivity index is 1.56. The standard InChI is InChI=1S/C22H22N2O4/c1-23(21(26)12-11-17-7-3-2-4-8-17)14-22(27)24-16-28-15-19(24)13-18-9-5-6-10-20(18)25/h2-10,18-19H,13-16H2,1H3/t18?,19-/m0/s1. The van der Waals surface area contributed by atoms with Crippen LogP contribution in [0, 0.1) is 17.8 Å². The first kappa shape index (κ1) is 19.6. The molecule has 2 atom stereocenters. The van der Waals surface area contributed by atoms with E-state index in [1.165, 1.54) is 4.90 Å². The van der Waals surface area contributed by atoms with Crippen molar-refractivity contribution in [2.24, 2.45) is 5.92 Å². The first-order valence-electron chi connectivity index (χ1n) is 9.12. The van der Waals surface area contributed by atoms with Crippen molar-refractivity contribution in [1.29, 1.82) is 0 Å². The zero-order valence-electron chi connectivity index (χ0n) is 15.7. The molecule has 2 amide bonds. The number of nitrogens with zero attached hydrogens (tertiary/aromatic N) is 2. The van der Waals surface area contributed by atoms with E-state index in [2.05, 4.69) is 11.8 Å². The number of rotatable bonds is 4. The van der Waals surface area contributed by atoms with Gasteiger partial charge in [-0.25, -0.2) is 0 Å². The number of carbonyl (C=O) groups is 3. The summed E-state index contributed by atoms with van der Waals surface area (Å²) in [5.74, 6) is 4.48. The highest BCUT2D eigenvalue weighted by molar-refractivity contribution is 5.96. The van der Waals surface area contributed by atoms with Crippen molar-refractivity contribution in [1.82, 2.24) is 9.80 Å². The molecule has 0 N–H and O–H groups in total. The number of hydrogen-bond donors (Lipinski definition) is 0. The molecule has 1 aliphatic heterocycles. The molecule has 1 fully saturated rings. The smallest absolute Gasteiger partial charge is 0.299 e. The van der Waals surface area contributed by atoms with Crippen LogP contribution in [0.1, 0.15) is 12.0 Å². The summed E-state index contributed by atoms with van der Waals surface area (Å²) in [5.41, 5.74) is 0.739. The number of hydrogen-bond acceptors (Lipinski definition) is 4. The minimum absolute atomic E-state index is 0.0327. The highest BCUT2D eigenvalue weighted by Crippen LogP contribution is 2.22. The third-order valence-electron chi connectivity index (χ3n) is 4.71. The molecular weight excluding hydrogens is 356 g/mol. The van der Waals surface area contributed by atoms with Gasteiger partial charge >= 0.3 is 0 Å². The van der Waals surface area contributed by atoms with E-state index in [0.717, 1.165) is 5.56 Å². The Morgan fingerprint density at radius 2 is 2.04 bits per heavy atom. The van der Waals surface area contributed by atoms with Gasteiger partial charge in [0.1, 0.15) is 13.3 Å². The fourth-order valence-corrected chi connectivity index (χ4v) is 3.12. The van der Waals surface area contributed by atoms with Crippen LogP contribution in [-0.4, -0.2) is 60.4 Å². The Kier molecular flexibility index (Phi) is 6.41. The molecule has 1 aromatic carbocycles. The van der Waals surface area contributed by atoms with Gasteiger partial charge in [-0.3, -0.25) is 14.4 Å². The van der Waals surface area contributed by atoms with Gasteiger partial charge < -0.3 is 14.5 Å². The fourth-order valence-electron chi connectivity index (χ4n) is 3.12. The zero-order valence-corrected chi connectivity index (χ0v) is 15.7. The Labute approximate surface area is 164 Å². The molecule has 28 heavy (non-hydrogen) atoms. The number of carbonyl (C=O) groups excluding carboxylic acids is 3. The number of amides is 2. The van der Waals surface area contributed by atoms with Gasteiger partial charge in [-0.05, 0) is 24.6 Å². The summed E-state index contributed by atoms with van der Waals surface area (Å²) in [7, 11) is 1.55. The van der Waals surface area contributed by atoms with Crippen LogP contribution in [0.5, 0.6) is 0 Å². The van der Waals surface area contributed by atoms with Crippen molar-refractivity contribution in [3.63, 3.8) is 0 Å². The second kappa shape index (κ2) is 9.16. The normalized spacial score (nSPS) is 20.6. The van der Waals surface area contributed by atoms with Crippen molar-refractivity contribution < 1.29 is 19.1 Å². The van der Waals surface area contributed by atoms with E-state index in [9.17, 15) is 14.4 Å². The first-order chi connectivity index (χ1) is 13.5. The van der Waals surface area contributed by atoms with Gasteiger partial charge in [-0.2, -0.15) is 0 Å². The molecule has 0 radical (unpaired) electrons. The Bertz CT molecular complexity index is 864. The lowest BCUT2D eigenvalue weighted by molar-refractivity contribution is -0.138. The summed E-state index contributed by atoms with van der Waals surface area (Å²) >= 11 is 0. The molecule has 144 valence electrons. The van der Waals surface area contributed by atoms with Crippen molar-refractivity contribution in [2.75, 3.05) is 26.9 Å². The van der Waals surface area contributed by atoms with Crippen molar-refractivity contribution in [3.05, 3.63) is 60.2 Å². The van der Waals surface area contributed by atoms with Crippen LogP contribution in [0.15, 0.2) is 54.6 Å². The molecule has 1 aliphatic carbocycles. The third kappa shape index (κ3) is 4.96. The van der Waals surface area contributed by atoms with Crippen molar-refractivity contribution >= 4 is 17.6 Å². The lowest BCUT2D eigenvalue weighted by atomic mass is 9.92. The summed E-state index contributed by atoms with van der Waals surface area (Å²) in [6.07, 6.45) is 7.45. The van der Waals surface area contributed by atoms with E-state index < -0.39 is 5.91 Å². The van der Waals surface area contributed by atoms with Crippen LogP contribution in [-0.2, 0) is 19.1 Å². The maximum Gasteiger partial charge on any atom is 0.299 e. The van der Waals surface area contributed by atoms with Crippen molar-refractivity contribution in [2.45, 2.75) is 12.5 Å². The average Bonchev–Trinajstić information content (AvgIpc) is 3.17. The van der Waals surface area contributed by atoms with Gasteiger partial charge in [0.2, 0.25) is 5.91 Å². The molecule has 0 saturated carbocycles. The monoisotopic (exact) mass is 378 g/mol. The molecule has 3 rings (SSSR count). The molecule has 6 nitrogen and oxygen atoms in total. The summed E-state index contributed by atoms with van der Waals surface area (Å²) in [4.78, 5) is 39.7. The lowest BCUT2D eigenvalue weighted by Crippen LogP contribution is -2.44. The quantitative estimate of drug-likeness (QED) is 0.743. The highest BCUT2D eigenvalue weighted by atomic mass is 16.5. The fraction of sp³-hybridized carbons (Fsp3) is 0.318. The molecule has 1 unspecified atom stereocenters. The van der Waals surface area contributed by atoms with Crippen LogP contribution in [0.4, 0.5) is 0 Å². The van der Waals surface area contributed by atoms with Gasteiger partial charge in [-0.15, -0.1) is 0 Å². The minimum Gasteiger partial charge on any atom is -0.359 e. The van der Waals surface area contributed by atoms with Crippen LogP contribution < -0.4 is 0 Å². The molecule has 6 heteroatoms. The number of ether oxygens (including phenoxy) is 1. The van der Waals surface area contributed by atoms with Crippen LogP contribution >= 0.6 is 0 Å². The maximum absolute atomic E-state index is 12.7.